The van der Waals surface area contributed by atoms with Crippen molar-refractivity contribution in [1.29, 1.82) is 0 Å². The summed E-state index contributed by atoms with van der Waals surface area (Å²) in [6, 6.07) is 4.74. The van der Waals surface area contributed by atoms with Gasteiger partial charge in [-0.2, -0.15) is 0 Å². The minimum Gasteiger partial charge on any atom is -0.495 e. The van der Waals surface area contributed by atoms with Crippen LogP contribution in [0.1, 0.15) is 19.3 Å². The van der Waals surface area contributed by atoms with Gasteiger partial charge in [0.05, 0.1) is 12.8 Å². The van der Waals surface area contributed by atoms with Crippen molar-refractivity contribution in [2.24, 2.45) is 0 Å². The number of carbonyl (C=O) groups is 2. The molecule has 2 fully saturated rings. The molecule has 1 atom stereocenters. The molecule has 3 rings (SSSR count). The van der Waals surface area contributed by atoms with Crippen LogP contribution in [0.2, 0.25) is 5.02 Å². The van der Waals surface area contributed by atoms with Crippen molar-refractivity contribution in [3.05, 3.63) is 23.2 Å². The number of anilines is 1. The molecule has 1 unspecified atom stereocenters. The molecule has 21 heavy (non-hydrogen) atoms. The first-order valence-corrected chi connectivity index (χ1v) is 7.44. The monoisotopic (exact) mass is 308 g/mol. The van der Waals surface area contributed by atoms with Gasteiger partial charge in [-0.05, 0) is 37.5 Å². The molecule has 6 heteroatoms. The Morgan fingerprint density at radius 1 is 1.29 bits per heavy atom. The van der Waals surface area contributed by atoms with E-state index in [1.807, 2.05) is 0 Å². The SMILES string of the molecule is COc1ccc(Cl)cc1N1CC(=O)N2CCCCC2C1=O. The average Bonchev–Trinajstić information content (AvgIpc) is 2.51. The van der Waals surface area contributed by atoms with Gasteiger partial charge in [-0.1, -0.05) is 11.6 Å². The third-order valence-electron chi connectivity index (χ3n) is 4.10. The summed E-state index contributed by atoms with van der Waals surface area (Å²) in [7, 11) is 1.54. The molecule has 0 bridgehead atoms. The Hall–Kier alpha value is -1.75. The molecule has 2 aliphatic rings. The fraction of sp³-hybridized carbons (Fsp3) is 0.467. The van der Waals surface area contributed by atoms with Crippen molar-refractivity contribution in [3.63, 3.8) is 0 Å². The topological polar surface area (TPSA) is 49.9 Å². The highest BCUT2D eigenvalue weighted by atomic mass is 35.5. The Morgan fingerprint density at radius 3 is 2.86 bits per heavy atom. The maximum absolute atomic E-state index is 12.7. The number of fused-ring (bicyclic) bond motifs is 1. The molecule has 0 N–H and O–H groups in total. The van der Waals surface area contributed by atoms with Gasteiger partial charge in [0.1, 0.15) is 18.3 Å². The number of nitrogens with zero attached hydrogens (tertiary/aromatic N) is 2. The van der Waals surface area contributed by atoms with E-state index in [1.54, 1.807) is 23.1 Å². The zero-order valence-electron chi connectivity index (χ0n) is 11.8. The lowest BCUT2D eigenvalue weighted by Gasteiger charge is -2.42. The van der Waals surface area contributed by atoms with E-state index in [0.717, 1.165) is 19.3 Å². The number of methoxy groups -OCH3 is 1. The molecule has 2 saturated heterocycles. The van der Waals surface area contributed by atoms with E-state index in [9.17, 15) is 9.59 Å². The van der Waals surface area contributed by atoms with Gasteiger partial charge in [-0.15, -0.1) is 0 Å². The maximum atomic E-state index is 12.7. The lowest BCUT2D eigenvalue weighted by molar-refractivity contribution is -0.144. The third kappa shape index (κ3) is 2.46. The van der Waals surface area contributed by atoms with Crippen molar-refractivity contribution in [3.8, 4) is 5.75 Å². The van der Waals surface area contributed by atoms with Crippen LogP contribution in [0.5, 0.6) is 5.75 Å². The summed E-state index contributed by atoms with van der Waals surface area (Å²) in [5, 5.41) is 0.511. The van der Waals surface area contributed by atoms with Gasteiger partial charge in [-0.25, -0.2) is 0 Å². The lowest BCUT2D eigenvalue weighted by atomic mass is 9.98. The summed E-state index contributed by atoms with van der Waals surface area (Å²) >= 11 is 6.03. The van der Waals surface area contributed by atoms with E-state index in [4.69, 9.17) is 16.3 Å². The van der Waals surface area contributed by atoms with E-state index in [2.05, 4.69) is 0 Å². The number of ether oxygens (including phenoxy) is 1. The van der Waals surface area contributed by atoms with Crippen molar-refractivity contribution in [2.75, 3.05) is 25.1 Å². The predicted octanol–water partition coefficient (Wildman–Crippen LogP) is 2.08. The van der Waals surface area contributed by atoms with Crippen LogP contribution in [-0.4, -0.2) is 43.0 Å². The number of benzene rings is 1. The average molecular weight is 309 g/mol. The van der Waals surface area contributed by atoms with Gasteiger partial charge in [0, 0.05) is 11.6 Å². The Kier molecular flexibility index (Phi) is 3.76. The number of piperazine rings is 1. The Bertz CT molecular complexity index is 590. The zero-order valence-corrected chi connectivity index (χ0v) is 12.6. The summed E-state index contributed by atoms with van der Waals surface area (Å²) in [5.74, 6) is 0.487. The summed E-state index contributed by atoms with van der Waals surface area (Å²) in [5.41, 5.74) is 0.563. The quantitative estimate of drug-likeness (QED) is 0.840. The number of amides is 2. The van der Waals surface area contributed by atoms with E-state index in [-0.39, 0.29) is 24.4 Å². The number of halogens is 1. The summed E-state index contributed by atoms with van der Waals surface area (Å²) in [6.45, 7) is 0.724. The van der Waals surface area contributed by atoms with E-state index in [1.165, 1.54) is 12.0 Å². The molecule has 0 spiro atoms. The Morgan fingerprint density at radius 2 is 2.10 bits per heavy atom. The van der Waals surface area contributed by atoms with Gasteiger partial charge >= 0.3 is 0 Å². The summed E-state index contributed by atoms with van der Waals surface area (Å²) in [4.78, 5) is 28.2. The Labute approximate surface area is 128 Å². The van der Waals surface area contributed by atoms with Crippen LogP contribution in [0.4, 0.5) is 5.69 Å². The molecular weight excluding hydrogens is 292 g/mol. The number of hydrogen-bond acceptors (Lipinski definition) is 3. The third-order valence-corrected chi connectivity index (χ3v) is 4.33. The second-order valence-corrected chi connectivity index (χ2v) is 5.78. The van der Waals surface area contributed by atoms with E-state index in [0.29, 0.717) is 23.0 Å². The van der Waals surface area contributed by atoms with Gasteiger partial charge in [0.25, 0.3) is 0 Å². The van der Waals surface area contributed by atoms with Crippen molar-refractivity contribution >= 4 is 29.1 Å². The molecule has 2 amide bonds. The smallest absolute Gasteiger partial charge is 0.250 e. The number of piperidine rings is 1. The van der Waals surface area contributed by atoms with Crippen LogP contribution >= 0.6 is 11.6 Å². The van der Waals surface area contributed by atoms with Crippen molar-refractivity contribution in [2.45, 2.75) is 25.3 Å². The number of hydrogen-bond donors (Lipinski definition) is 0. The van der Waals surface area contributed by atoms with Crippen molar-refractivity contribution < 1.29 is 14.3 Å². The molecule has 1 aromatic rings. The first kappa shape index (κ1) is 14.2. The summed E-state index contributed by atoms with van der Waals surface area (Å²) in [6.07, 6.45) is 2.67. The Balaban J connectivity index is 1.97. The second-order valence-electron chi connectivity index (χ2n) is 5.34. The van der Waals surface area contributed by atoms with Crippen LogP contribution in [0.15, 0.2) is 18.2 Å². The number of rotatable bonds is 2. The number of carbonyl (C=O) groups excluding carboxylic acids is 2. The molecular formula is C15H17ClN2O3. The second kappa shape index (κ2) is 5.56. The lowest BCUT2D eigenvalue weighted by Crippen LogP contribution is -2.61. The molecule has 0 saturated carbocycles. The van der Waals surface area contributed by atoms with Gasteiger partial charge in [-0.3, -0.25) is 14.5 Å². The standard InChI is InChI=1S/C15H17ClN2O3/c1-21-13-6-5-10(16)8-12(13)18-9-14(19)17-7-3-2-4-11(17)15(18)20/h5-6,8,11H,2-4,7,9H2,1H3. The molecule has 2 heterocycles. The molecule has 112 valence electrons. The first-order valence-electron chi connectivity index (χ1n) is 7.06. The fourth-order valence-corrected chi connectivity index (χ4v) is 3.22. The molecule has 1 aromatic carbocycles. The largest absolute Gasteiger partial charge is 0.495 e. The van der Waals surface area contributed by atoms with Gasteiger partial charge in [0.2, 0.25) is 11.8 Å². The van der Waals surface area contributed by atoms with Crippen LogP contribution < -0.4 is 9.64 Å². The molecule has 2 aliphatic heterocycles. The van der Waals surface area contributed by atoms with Gasteiger partial charge in [0.15, 0.2) is 0 Å². The summed E-state index contributed by atoms with van der Waals surface area (Å²) < 4.78 is 5.30. The normalized spacial score (nSPS) is 22.3. The minimum atomic E-state index is -0.344. The molecule has 5 nitrogen and oxygen atoms in total. The molecule has 0 aliphatic carbocycles. The highest BCUT2D eigenvalue weighted by molar-refractivity contribution is 6.31. The zero-order chi connectivity index (χ0) is 15.0. The highest BCUT2D eigenvalue weighted by Crippen LogP contribution is 2.34. The van der Waals surface area contributed by atoms with Gasteiger partial charge < -0.3 is 9.64 Å². The van der Waals surface area contributed by atoms with E-state index >= 15 is 0 Å². The fourth-order valence-electron chi connectivity index (χ4n) is 3.05. The molecule has 0 radical (unpaired) electrons. The minimum absolute atomic E-state index is 0.0127. The first-order chi connectivity index (χ1) is 10.1. The highest BCUT2D eigenvalue weighted by Gasteiger charge is 2.41. The maximum Gasteiger partial charge on any atom is 0.250 e. The predicted molar refractivity (Wildman–Crippen MR) is 79.7 cm³/mol. The van der Waals surface area contributed by atoms with Crippen molar-refractivity contribution in [1.82, 2.24) is 4.90 Å². The molecule has 0 aromatic heterocycles. The van der Waals surface area contributed by atoms with Crippen LogP contribution in [0, 0.1) is 0 Å². The van der Waals surface area contributed by atoms with Crippen LogP contribution in [0.25, 0.3) is 0 Å². The van der Waals surface area contributed by atoms with Crippen LogP contribution in [0.3, 0.4) is 0 Å². The van der Waals surface area contributed by atoms with E-state index < -0.39 is 0 Å². The van der Waals surface area contributed by atoms with Crippen LogP contribution in [-0.2, 0) is 9.59 Å².